The lowest BCUT2D eigenvalue weighted by molar-refractivity contribution is -0.117. The molecule has 0 heterocycles. The normalized spacial score (nSPS) is 12.5. The Morgan fingerprint density at radius 2 is 1.77 bits per heavy atom. The van der Waals surface area contributed by atoms with E-state index in [1.807, 2.05) is 0 Å². The minimum Gasteiger partial charge on any atom is -0.324 e. The van der Waals surface area contributed by atoms with Crippen molar-refractivity contribution in [2.75, 3.05) is 15.9 Å². The van der Waals surface area contributed by atoms with Crippen LogP contribution >= 0.6 is 34.8 Å². The first kappa shape index (κ1) is 20.8. The van der Waals surface area contributed by atoms with Crippen molar-refractivity contribution in [1.29, 1.82) is 0 Å². The second-order valence-electron chi connectivity index (χ2n) is 5.58. The van der Waals surface area contributed by atoms with E-state index in [0.717, 1.165) is 10.6 Å². The van der Waals surface area contributed by atoms with Gasteiger partial charge in [0, 0.05) is 15.7 Å². The van der Waals surface area contributed by atoms with Crippen molar-refractivity contribution in [1.82, 2.24) is 0 Å². The topological polar surface area (TPSA) is 66.5 Å². The van der Waals surface area contributed by atoms with E-state index in [0.29, 0.717) is 15.7 Å². The highest BCUT2D eigenvalue weighted by molar-refractivity contribution is 7.92. The number of hydrogen-bond acceptors (Lipinski definition) is 3. The molecule has 0 aliphatic rings. The number of nitrogens with one attached hydrogen (secondary N) is 1. The molecular weight excluding hydrogens is 419 g/mol. The first-order valence-electron chi connectivity index (χ1n) is 7.64. The molecule has 0 aliphatic carbocycles. The zero-order valence-electron chi connectivity index (χ0n) is 14.0. The summed E-state index contributed by atoms with van der Waals surface area (Å²) in [5.74, 6) is -0.503. The van der Waals surface area contributed by atoms with Crippen LogP contribution in [0.25, 0.3) is 0 Å². The molecule has 140 valence electrons. The molecule has 1 unspecified atom stereocenters. The van der Waals surface area contributed by atoms with Crippen LogP contribution in [0.2, 0.25) is 15.1 Å². The number of carbonyl (C=O) groups is 1. The highest BCUT2D eigenvalue weighted by Crippen LogP contribution is 2.33. The molecule has 0 spiro atoms. The number of amides is 1. The van der Waals surface area contributed by atoms with Crippen molar-refractivity contribution in [3.8, 4) is 0 Å². The summed E-state index contributed by atoms with van der Waals surface area (Å²) in [6.07, 6.45) is 1.24. The summed E-state index contributed by atoms with van der Waals surface area (Å²) in [4.78, 5) is 12.8. The van der Waals surface area contributed by atoms with E-state index in [1.165, 1.54) is 12.1 Å². The van der Waals surface area contributed by atoms with Crippen LogP contribution in [-0.2, 0) is 14.8 Å². The van der Waals surface area contributed by atoms with E-state index in [4.69, 9.17) is 34.8 Å². The monoisotopic (exact) mass is 434 g/mol. The van der Waals surface area contributed by atoms with Crippen LogP contribution in [0.15, 0.2) is 42.5 Å². The van der Waals surface area contributed by atoms with E-state index in [1.54, 1.807) is 37.3 Å². The summed E-state index contributed by atoms with van der Waals surface area (Å²) in [6, 6.07) is 10.0. The van der Waals surface area contributed by atoms with Gasteiger partial charge < -0.3 is 5.32 Å². The van der Waals surface area contributed by atoms with Crippen LogP contribution in [0.3, 0.4) is 0 Å². The van der Waals surface area contributed by atoms with Crippen molar-refractivity contribution in [3.05, 3.63) is 57.5 Å². The number of anilines is 2. The maximum atomic E-state index is 12.8. The molecule has 9 heteroatoms. The quantitative estimate of drug-likeness (QED) is 0.706. The Kier molecular flexibility index (Phi) is 6.80. The molecule has 0 aliphatic heterocycles. The van der Waals surface area contributed by atoms with Gasteiger partial charge in [-0.1, -0.05) is 47.8 Å². The number of sulfonamides is 1. The van der Waals surface area contributed by atoms with Gasteiger partial charge in [0.25, 0.3) is 0 Å². The number of rotatable bonds is 6. The largest absolute Gasteiger partial charge is 0.324 e. The lowest BCUT2D eigenvalue weighted by atomic mass is 10.1. The Morgan fingerprint density at radius 3 is 2.35 bits per heavy atom. The molecule has 1 atom stereocenters. The Balaban J connectivity index is 2.44. The first-order chi connectivity index (χ1) is 12.1. The molecule has 5 nitrogen and oxygen atoms in total. The van der Waals surface area contributed by atoms with E-state index >= 15 is 0 Å². The van der Waals surface area contributed by atoms with Gasteiger partial charge in [0.2, 0.25) is 15.9 Å². The molecule has 26 heavy (non-hydrogen) atoms. The summed E-state index contributed by atoms with van der Waals surface area (Å²) < 4.78 is 25.8. The van der Waals surface area contributed by atoms with Crippen LogP contribution in [0, 0.1) is 0 Å². The highest BCUT2D eigenvalue weighted by atomic mass is 35.5. The molecule has 0 saturated heterocycles. The van der Waals surface area contributed by atoms with E-state index in [-0.39, 0.29) is 17.1 Å². The number of carbonyl (C=O) groups excluding carboxylic acids is 1. The Hall–Kier alpha value is -1.47. The zero-order chi connectivity index (χ0) is 19.5. The molecule has 2 aromatic rings. The fraction of sp³-hybridized carbons (Fsp3) is 0.235. The van der Waals surface area contributed by atoms with Crippen LogP contribution < -0.4 is 9.62 Å². The fourth-order valence-corrected chi connectivity index (χ4v) is 4.31. The van der Waals surface area contributed by atoms with Gasteiger partial charge in [-0.15, -0.1) is 0 Å². The molecule has 1 amide bonds. The summed E-state index contributed by atoms with van der Waals surface area (Å²) in [6.45, 7) is 1.71. The van der Waals surface area contributed by atoms with Gasteiger partial charge in [0.05, 0.1) is 17.0 Å². The lowest BCUT2D eigenvalue weighted by Gasteiger charge is -2.30. The molecule has 1 N–H and O–H groups in total. The molecule has 0 saturated carbocycles. The average molecular weight is 436 g/mol. The van der Waals surface area contributed by atoms with E-state index in [2.05, 4.69) is 5.32 Å². The minimum atomic E-state index is -3.81. The summed E-state index contributed by atoms with van der Waals surface area (Å²) >= 11 is 18.1. The van der Waals surface area contributed by atoms with Crippen LogP contribution in [0.1, 0.15) is 13.3 Å². The van der Waals surface area contributed by atoms with Crippen molar-refractivity contribution < 1.29 is 13.2 Å². The van der Waals surface area contributed by atoms with Gasteiger partial charge in [-0.2, -0.15) is 0 Å². The molecule has 2 rings (SSSR count). The molecule has 0 radical (unpaired) electrons. The zero-order valence-corrected chi connectivity index (χ0v) is 17.1. The third-order valence-electron chi connectivity index (χ3n) is 3.57. The van der Waals surface area contributed by atoms with Crippen LogP contribution in [0.5, 0.6) is 0 Å². The molecule has 2 aromatic carbocycles. The van der Waals surface area contributed by atoms with E-state index < -0.39 is 22.0 Å². The molecule has 0 bridgehead atoms. The van der Waals surface area contributed by atoms with Crippen molar-refractivity contribution in [2.24, 2.45) is 0 Å². The van der Waals surface area contributed by atoms with E-state index in [9.17, 15) is 13.2 Å². The highest BCUT2D eigenvalue weighted by Gasteiger charge is 2.33. The molecule has 0 fully saturated rings. The number of nitrogens with zero attached hydrogens (tertiary/aromatic N) is 1. The SMILES string of the molecule is CCC(C(=O)Nc1cccc(Cl)c1)N(c1cc(Cl)ccc1Cl)S(C)(=O)=O. The van der Waals surface area contributed by atoms with Crippen LogP contribution in [-0.4, -0.2) is 26.6 Å². The summed E-state index contributed by atoms with van der Waals surface area (Å²) in [5, 5.41) is 3.62. The van der Waals surface area contributed by atoms with Crippen molar-refractivity contribution in [2.45, 2.75) is 19.4 Å². The average Bonchev–Trinajstić information content (AvgIpc) is 2.53. The van der Waals surface area contributed by atoms with Gasteiger partial charge in [0.1, 0.15) is 6.04 Å². The lowest BCUT2D eigenvalue weighted by Crippen LogP contribution is -2.47. The second-order valence-corrected chi connectivity index (χ2v) is 8.72. The summed E-state index contributed by atoms with van der Waals surface area (Å²) in [7, 11) is -3.81. The van der Waals surface area contributed by atoms with Crippen molar-refractivity contribution in [3.63, 3.8) is 0 Å². The number of halogens is 3. The van der Waals surface area contributed by atoms with Gasteiger partial charge in [-0.05, 0) is 42.8 Å². The maximum absolute atomic E-state index is 12.8. The fourth-order valence-electron chi connectivity index (χ4n) is 2.48. The third kappa shape index (κ3) is 5.04. The van der Waals surface area contributed by atoms with Gasteiger partial charge in [-0.3, -0.25) is 9.10 Å². The standard InChI is InChI=1S/C17H17Cl3N2O3S/c1-3-15(17(23)21-13-6-4-5-11(18)9-13)22(26(2,24)25)16-10-12(19)7-8-14(16)20/h4-10,15H,3H2,1-2H3,(H,21,23). The van der Waals surface area contributed by atoms with Crippen molar-refractivity contribution >= 4 is 62.1 Å². The molecular formula is C17H17Cl3N2O3S. The maximum Gasteiger partial charge on any atom is 0.248 e. The summed E-state index contributed by atoms with van der Waals surface area (Å²) in [5.41, 5.74) is 0.612. The van der Waals surface area contributed by atoms with Crippen LogP contribution in [0.4, 0.5) is 11.4 Å². The Bertz CT molecular complexity index is 919. The number of benzene rings is 2. The number of hydrogen-bond donors (Lipinski definition) is 1. The molecule has 0 aromatic heterocycles. The second kappa shape index (κ2) is 8.48. The predicted molar refractivity (Wildman–Crippen MR) is 108 cm³/mol. The van der Waals surface area contributed by atoms with Gasteiger partial charge in [-0.25, -0.2) is 8.42 Å². The Morgan fingerprint density at radius 1 is 1.12 bits per heavy atom. The van der Waals surface area contributed by atoms with Gasteiger partial charge >= 0.3 is 0 Å². The predicted octanol–water partition coefficient (Wildman–Crippen LogP) is 4.83. The first-order valence-corrected chi connectivity index (χ1v) is 10.6. The minimum absolute atomic E-state index is 0.148. The smallest absolute Gasteiger partial charge is 0.248 e. The Labute approximate surface area is 167 Å². The third-order valence-corrected chi connectivity index (χ3v) is 5.52. The van der Waals surface area contributed by atoms with Gasteiger partial charge in [0.15, 0.2) is 0 Å².